The molecule has 0 atom stereocenters. The number of carbonyl (C=O) groups is 2. The molecule has 2 aliphatic rings. The molecule has 1 aliphatic carbocycles. The molecular formula is C15H26N2O2. The van der Waals surface area contributed by atoms with Gasteiger partial charge in [0.25, 0.3) is 0 Å². The van der Waals surface area contributed by atoms with Gasteiger partial charge in [0.15, 0.2) is 0 Å². The average molecular weight is 266 g/mol. The number of likely N-dealkylation sites (tertiary alicyclic amines) is 1. The first-order chi connectivity index (χ1) is 8.74. The maximum Gasteiger partial charge on any atom is 0.238 e. The topological polar surface area (TPSA) is 49.4 Å². The van der Waals surface area contributed by atoms with E-state index in [2.05, 4.69) is 12.2 Å². The molecule has 0 unspecified atom stereocenters. The van der Waals surface area contributed by atoms with E-state index in [0.29, 0.717) is 18.8 Å². The van der Waals surface area contributed by atoms with E-state index in [1.54, 1.807) is 0 Å². The van der Waals surface area contributed by atoms with E-state index in [9.17, 15) is 9.59 Å². The summed E-state index contributed by atoms with van der Waals surface area (Å²) in [6, 6.07) is 0. The fourth-order valence-electron chi connectivity index (χ4n) is 2.64. The first-order valence-electron chi connectivity index (χ1n) is 7.37. The van der Waals surface area contributed by atoms with E-state index in [-0.39, 0.29) is 17.4 Å². The second-order valence-corrected chi connectivity index (χ2v) is 7.26. The lowest BCUT2D eigenvalue weighted by atomic mass is 9.95. The predicted molar refractivity (Wildman–Crippen MR) is 74.5 cm³/mol. The molecule has 2 fully saturated rings. The highest BCUT2D eigenvalue weighted by Gasteiger charge is 2.58. The third-order valence-electron chi connectivity index (χ3n) is 4.15. The third-order valence-corrected chi connectivity index (χ3v) is 4.15. The van der Waals surface area contributed by atoms with Crippen molar-refractivity contribution in [3.05, 3.63) is 0 Å². The number of rotatable bonds is 2. The van der Waals surface area contributed by atoms with Gasteiger partial charge in [-0.3, -0.25) is 9.59 Å². The third kappa shape index (κ3) is 3.10. The van der Waals surface area contributed by atoms with Crippen LogP contribution in [0.2, 0.25) is 0 Å². The van der Waals surface area contributed by atoms with Crippen molar-refractivity contribution in [1.29, 1.82) is 0 Å². The summed E-state index contributed by atoms with van der Waals surface area (Å²) in [7, 11) is 0. The fraction of sp³-hybridized carbons (Fsp3) is 0.867. The van der Waals surface area contributed by atoms with Crippen LogP contribution in [0.1, 0.15) is 53.4 Å². The Balaban J connectivity index is 2.00. The van der Waals surface area contributed by atoms with Crippen LogP contribution in [0.15, 0.2) is 0 Å². The molecule has 1 N–H and O–H groups in total. The summed E-state index contributed by atoms with van der Waals surface area (Å²) in [6.07, 6.45) is 3.53. The molecule has 0 aromatic carbocycles. The van der Waals surface area contributed by atoms with E-state index in [1.807, 2.05) is 25.7 Å². The van der Waals surface area contributed by atoms with Gasteiger partial charge in [-0.25, -0.2) is 0 Å². The first kappa shape index (κ1) is 14.4. The Bertz CT molecular complexity index is 372. The van der Waals surface area contributed by atoms with Gasteiger partial charge in [-0.05, 0) is 52.4 Å². The normalized spacial score (nSPS) is 23.1. The van der Waals surface area contributed by atoms with Crippen LogP contribution < -0.4 is 5.32 Å². The van der Waals surface area contributed by atoms with Crippen LogP contribution in [-0.4, -0.2) is 35.3 Å². The molecule has 0 aromatic rings. The Kier molecular flexibility index (Phi) is 3.63. The number of hydrogen-bond donors (Lipinski definition) is 1. The van der Waals surface area contributed by atoms with Gasteiger partial charge in [0.1, 0.15) is 5.41 Å². The van der Waals surface area contributed by atoms with Crippen LogP contribution in [0.25, 0.3) is 0 Å². The van der Waals surface area contributed by atoms with Crippen LogP contribution >= 0.6 is 0 Å². The van der Waals surface area contributed by atoms with Crippen LogP contribution in [0, 0.1) is 11.3 Å². The van der Waals surface area contributed by atoms with Gasteiger partial charge >= 0.3 is 0 Å². The standard InChI is InChI=1S/C15H26N2O2/c1-11-5-9-17(10-6-11)13(19)15(7-8-15)12(18)16-14(2,3)4/h11H,5-10H2,1-4H3,(H,16,18). The zero-order valence-corrected chi connectivity index (χ0v) is 12.6. The minimum Gasteiger partial charge on any atom is -0.351 e. The number of carbonyl (C=O) groups excluding carboxylic acids is 2. The number of hydrogen-bond acceptors (Lipinski definition) is 2. The zero-order chi connectivity index (χ0) is 14.3. The van der Waals surface area contributed by atoms with Crippen molar-refractivity contribution in [2.24, 2.45) is 11.3 Å². The Morgan fingerprint density at radius 3 is 2.11 bits per heavy atom. The van der Waals surface area contributed by atoms with E-state index >= 15 is 0 Å². The minimum atomic E-state index is -0.742. The molecule has 0 aromatic heterocycles. The van der Waals surface area contributed by atoms with Gasteiger partial charge in [0, 0.05) is 18.6 Å². The van der Waals surface area contributed by atoms with E-state index in [1.165, 1.54) is 0 Å². The summed E-state index contributed by atoms with van der Waals surface area (Å²) in [4.78, 5) is 26.8. The zero-order valence-electron chi connectivity index (χ0n) is 12.6. The summed E-state index contributed by atoms with van der Waals surface area (Å²) < 4.78 is 0. The number of amides is 2. The predicted octanol–water partition coefficient (Wildman–Crippen LogP) is 1.94. The quantitative estimate of drug-likeness (QED) is 0.777. The molecule has 1 heterocycles. The summed E-state index contributed by atoms with van der Waals surface area (Å²) in [6.45, 7) is 9.70. The Morgan fingerprint density at radius 2 is 1.68 bits per heavy atom. The molecule has 0 spiro atoms. The number of nitrogens with one attached hydrogen (secondary N) is 1. The van der Waals surface area contributed by atoms with Crippen molar-refractivity contribution in [2.45, 2.75) is 58.9 Å². The van der Waals surface area contributed by atoms with E-state index in [4.69, 9.17) is 0 Å². The molecule has 2 amide bonds. The van der Waals surface area contributed by atoms with Crippen molar-refractivity contribution in [2.75, 3.05) is 13.1 Å². The largest absolute Gasteiger partial charge is 0.351 e. The molecule has 4 heteroatoms. The number of piperidine rings is 1. The maximum atomic E-state index is 12.6. The molecule has 4 nitrogen and oxygen atoms in total. The first-order valence-corrected chi connectivity index (χ1v) is 7.37. The van der Waals surface area contributed by atoms with Gasteiger partial charge in [-0.1, -0.05) is 6.92 Å². The molecule has 108 valence electrons. The van der Waals surface area contributed by atoms with Crippen LogP contribution in [0.5, 0.6) is 0 Å². The summed E-state index contributed by atoms with van der Waals surface area (Å²) in [5.74, 6) is 0.673. The Labute approximate surface area is 115 Å². The molecule has 2 rings (SSSR count). The van der Waals surface area contributed by atoms with Gasteiger partial charge in [-0.2, -0.15) is 0 Å². The smallest absolute Gasteiger partial charge is 0.238 e. The van der Waals surface area contributed by atoms with Crippen LogP contribution in [0.4, 0.5) is 0 Å². The van der Waals surface area contributed by atoms with Crippen molar-refractivity contribution < 1.29 is 9.59 Å². The second kappa shape index (κ2) is 4.80. The van der Waals surface area contributed by atoms with Gasteiger partial charge in [0.2, 0.25) is 11.8 Å². The van der Waals surface area contributed by atoms with Gasteiger partial charge < -0.3 is 10.2 Å². The van der Waals surface area contributed by atoms with Crippen molar-refractivity contribution in [3.8, 4) is 0 Å². The van der Waals surface area contributed by atoms with Gasteiger partial charge in [-0.15, -0.1) is 0 Å². The second-order valence-electron chi connectivity index (χ2n) is 7.26. The summed E-state index contributed by atoms with van der Waals surface area (Å²) in [5.41, 5.74) is -1.02. The van der Waals surface area contributed by atoms with E-state index in [0.717, 1.165) is 25.9 Å². The molecule has 1 aliphatic heterocycles. The van der Waals surface area contributed by atoms with Crippen molar-refractivity contribution >= 4 is 11.8 Å². The molecule has 0 bridgehead atoms. The van der Waals surface area contributed by atoms with Gasteiger partial charge in [0.05, 0.1) is 0 Å². The highest BCUT2D eigenvalue weighted by atomic mass is 16.2. The van der Waals surface area contributed by atoms with Crippen LogP contribution in [0.3, 0.4) is 0 Å². The SMILES string of the molecule is CC1CCN(C(=O)C2(C(=O)NC(C)(C)C)CC2)CC1. The Morgan fingerprint density at radius 1 is 1.16 bits per heavy atom. The van der Waals surface area contributed by atoms with Crippen LogP contribution in [-0.2, 0) is 9.59 Å². The Hall–Kier alpha value is -1.06. The minimum absolute atomic E-state index is 0.0566. The van der Waals surface area contributed by atoms with Crippen molar-refractivity contribution in [1.82, 2.24) is 10.2 Å². The molecule has 1 saturated heterocycles. The lowest BCUT2D eigenvalue weighted by Gasteiger charge is -2.33. The summed E-state index contributed by atoms with van der Waals surface area (Å²) >= 11 is 0. The highest BCUT2D eigenvalue weighted by Crippen LogP contribution is 2.48. The lowest BCUT2D eigenvalue weighted by molar-refractivity contribution is -0.145. The van der Waals surface area contributed by atoms with E-state index < -0.39 is 5.41 Å². The average Bonchev–Trinajstić information content (AvgIpc) is 3.08. The molecule has 19 heavy (non-hydrogen) atoms. The fourth-order valence-corrected chi connectivity index (χ4v) is 2.64. The molecule has 0 radical (unpaired) electrons. The number of nitrogens with zero attached hydrogens (tertiary/aromatic N) is 1. The molecule has 1 saturated carbocycles. The molecular weight excluding hydrogens is 240 g/mol. The lowest BCUT2D eigenvalue weighted by Crippen LogP contribution is -2.51. The summed E-state index contributed by atoms with van der Waals surface area (Å²) in [5, 5.41) is 2.96. The maximum absolute atomic E-state index is 12.6. The highest BCUT2D eigenvalue weighted by molar-refractivity contribution is 6.08. The monoisotopic (exact) mass is 266 g/mol. The van der Waals surface area contributed by atoms with Crippen molar-refractivity contribution in [3.63, 3.8) is 0 Å².